The zero-order chi connectivity index (χ0) is 18.1. The molecule has 2 heterocycles. The second-order valence-corrected chi connectivity index (χ2v) is 7.31. The van der Waals surface area contributed by atoms with Crippen LogP contribution in [0.25, 0.3) is 33.7 Å². The normalized spacial score (nSPS) is 11.2. The molecule has 0 bridgehead atoms. The van der Waals surface area contributed by atoms with Crippen molar-refractivity contribution in [3.63, 3.8) is 0 Å². The van der Waals surface area contributed by atoms with Gasteiger partial charge in [-0.2, -0.15) is 0 Å². The minimum absolute atomic E-state index is 0.255. The SMILES string of the molecule is CCSc1ccccc1-c1nc2cc(-c3cccc(F)c3)cnc2n1C. The number of imidazole rings is 1. The molecular weight excluding hydrogens is 345 g/mol. The Balaban J connectivity index is 1.85. The zero-order valence-corrected chi connectivity index (χ0v) is 15.4. The Labute approximate surface area is 155 Å². The third-order valence-corrected chi connectivity index (χ3v) is 5.25. The maximum Gasteiger partial charge on any atom is 0.160 e. The van der Waals surface area contributed by atoms with E-state index >= 15 is 0 Å². The first-order valence-electron chi connectivity index (χ1n) is 8.48. The van der Waals surface area contributed by atoms with Crippen molar-refractivity contribution < 1.29 is 4.39 Å². The van der Waals surface area contributed by atoms with Crippen LogP contribution in [0.2, 0.25) is 0 Å². The first kappa shape index (κ1) is 16.8. The first-order valence-corrected chi connectivity index (χ1v) is 9.46. The minimum Gasteiger partial charge on any atom is -0.312 e. The largest absolute Gasteiger partial charge is 0.312 e. The summed E-state index contributed by atoms with van der Waals surface area (Å²) in [5.74, 6) is 1.64. The van der Waals surface area contributed by atoms with Crippen molar-refractivity contribution in [1.29, 1.82) is 0 Å². The van der Waals surface area contributed by atoms with Crippen LogP contribution in [0.5, 0.6) is 0 Å². The maximum atomic E-state index is 13.5. The van der Waals surface area contributed by atoms with Gasteiger partial charge in [-0.15, -0.1) is 11.8 Å². The molecule has 0 N–H and O–H groups in total. The second-order valence-electron chi connectivity index (χ2n) is 6.00. The van der Waals surface area contributed by atoms with E-state index in [4.69, 9.17) is 4.98 Å². The first-order chi connectivity index (χ1) is 12.7. The molecule has 130 valence electrons. The number of aryl methyl sites for hydroxylation is 1. The van der Waals surface area contributed by atoms with Crippen molar-refractivity contribution in [1.82, 2.24) is 14.5 Å². The molecule has 4 aromatic rings. The maximum absolute atomic E-state index is 13.5. The van der Waals surface area contributed by atoms with Gasteiger partial charge in [0.2, 0.25) is 0 Å². The number of thioether (sulfide) groups is 1. The van der Waals surface area contributed by atoms with E-state index in [1.165, 1.54) is 17.0 Å². The van der Waals surface area contributed by atoms with Crippen molar-refractivity contribution in [2.24, 2.45) is 7.05 Å². The third-order valence-electron chi connectivity index (χ3n) is 4.29. The van der Waals surface area contributed by atoms with Crippen molar-refractivity contribution in [2.45, 2.75) is 11.8 Å². The Morgan fingerprint density at radius 2 is 1.88 bits per heavy atom. The summed E-state index contributed by atoms with van der Waals surface area (Å²) >= 11 is 1.80. The van der Waals surface area contributed by atoms with Gasteiger partial charge in [0.25, 0.3) is 0 Å². The molecular formula is C21H18FN3S. The van der Waals surface area contributed by atoms with Crippen LogP contribution in [-0.4, -0.2) is 20.3 Å². The highest BCUT2D eigenvalue weighted by molar-refractivity contribution is 7.99. The van der Waals surface area contributed by atoms with E-state index in [9.17, 15) is 4.39 Å². The van der Waals surface area contributed by atoms with Crippen LogP contribution in [0.15, 0.2) is 65.7 Å². The summed E-state index contributed by atoms with van der Waals surface area (Å²) < 4.78 is 15.5. The summed E-state index contributed by atoms with van der Waals surface area (Å²) in [5, 5.41) is 0. The highest BCUT2D eigenvalue weighted by atomic mass is 32.2. The van der Waals surface area contributed by atoms with E-state index in [2.05, 4.69) is 24.0 Å². The summed E-state index contributed by atoms with van der Waals surface area (Å²) in [4.78, 5) is 10.6. The highest BCUT2D eigenvalue weighted by Crippen LogP contribution is 2.32. The smallest absolute Gasteiger partial charge is 0.160 e. The number of hydrogen-bond donors (Lipinski definition) is 0. The number of halogens is 1. The summed E-state index contributed by atoms with van der Waals surface area (Å²) in [6.07, 6.45) is 1.77. The van der Waals surface area contributed by atoms with Crippen LogP contribution in [0.3, 0.4) is 0 Å². The van der Waals surface area contributed by atoms with E-state index in [1.54, 1.807) is 24.0 Å². The van der Waals surface area contributed by atoms with Gasteiger partial charge in [0.15, 0.2) is 5.65 Å². The van der Waals surface area contributed by atoms with Crippen LogP contribution in [-0.2, 0) is 7.05 Å². The van der Waals surface area contributed by atoms with Crippen LogP contribution < -0.4 is 0 Å². The number of rotatable bonds is 4. The molecule has 0 aliphatic heterocycles. The minimum atomic E-state index is -0.255. The van der Waals surface area contributed by atoms with E-state index in [-0.39, 0.29) is 5.82 Å². The summed E-state index contributed by atoms with van der Waals surface area (Å²) in [6.45, 7) is 2.14. The number of pyridine rings is 1. The number of hydrogen-bond acceptors (Lipinski definition) is 3. The lowest BCUT2D eigenvalue weighted by molar-refractivity contribution is 0.628. The fraction of sp³-hybridized carbons (Fsp3) is 0.143. The Bertz CT molecular complexity index is 1090. The Morgan fingerprint density at radius 1 is 1.04 bits per heavy atom. The van der Waals surface area contributed by atoms with Gasteiger partial charge in [0.1, 0.15) is 17.2 Å². The van der Waals surface area contributed by atoms with Crippen LogP contribution >= 0.6 is 11.8 Å². The second kappa shape index (κ2) is 6.92. The Hall–Kier alpha value is -2.66. The summed E-state index contributed by atoms with van der Waals surface area (Å²) in [7, 11) is 1.98. The number of nitrogens with zero attached hydrogens (tertiary/aromatic N) is 3. The topological polar surface area (TPSA) is 30.7 Å². The monoisotopic (exact) mass is 363 g/mol. The molecule has 0 saturated carbocycles. The third kappa shape index (κ3) is 2.99. The van der Waals surface area contributed by atoms with Crippen LogP contribution in [0.4, 0.5) is 4.39 Å². The molecule has 0 spiro atoms. The fourth-order valence-electron chi connectivity index (χ4n) is 3.08. The molecule has 0 amide bonds. The van der Waals surface area contributed by atoms with Crippen molar-refractivity contribution >= 4 is 22.9 Å². The molecule has 0 atom stereocenters. The van der Waals surface area contributed by atoms with Gasteiger partial charge in [0.05, 0.1) is 0 Å². The van der Waals surface area contributed by atoms with Gasteiger partial charge in [-0.1, -0.05) is 37.3 Å². The number of fused-ring (bicyclic) bond motifs is 1. The van der Waals surface area contributed by atoms with Gasteiger partial charge in [0, 0.05) is 29.3 Å². The van der Waals surface area contributed by atoms with E-state index in [0.29, 0.717) is 0 Å². The number of benzene rings is 2. The molecule has 2 aromatic carbocycles. The quantitative estimate of drug-likeness (QED) is 0.445. The molecule has 4 rings (SSSR count). The Morgan fingerprint density at radius 3 is 2.69 bits per heavy atom. The molecule has 0 unspecified atom stereocenters. The lowest BCUT2D eigenvalue weighted by Gasteiger charge is -2.07. The lowest BCUT2D eigenvalue weighted by atomic mass is 10.1. The molecule has 0 aliphatic carbocycles. The lowest BCUT2D eigenvalue weighted by Crippen LogP contribution is -1.95. The molecule has 0 aliphatic rings. The van der Waals surface area contributed by atoms with Gasteiger partial charge in [-0.05, 0) is 35.6 Å². The van der Waals surface area contributed by atoms with E-state index in [1.807, 2.05) is 35.9 Å². The molecule has 5 heteroatoms. The van der Waals surface area contributed by atoms with Crippen molar-refractivity contribution in [3.05, 3.63) is 66.6 Å². The van der Waals surface area contributed by atoms with Crippen LogP contribution in [0.1, 0.15) is 6.92 Å². The average Bonchev–Trinajstić information content (AvgIpc) is 2.98. The molecule has 0 radical (unpaired) electrons. The number of aromatic nitrogens is 3. The van der Waals surface area contributed by atoms with Gasteiger partial charge < -0.3 is 4.57 Å². The molecule has 26 heavy (non-hydrogen) atoms. The molecule has 0 saturated heterocycles. The fourth-order valence-corrected chi connectivity index (χ4v) is 3.88. The predicted molar refractivity (Wildman–Crippen MR) is 106 cm³/mol. The standard InChI is InChI=1S/C21H18FN3S/c1-3-26-19-10-5-4-9-17(19)20-24-18-12-15(13-23-21(18)25(20)2)14-7-6-8-16(22)11-14/h4-13H,3H2,1-2H3. The van der Waals surface area contributed by atoms with Crippen molar-refractivity contribution in [2.75, 3.05) is 5.75 Å². The highest BCUT2D eigenvalue weighted by Gasteiger charge is 2.15. The van der Waals surface area contributed by atoms with Crippen LogP contribution in [0, 0.1) is 5.82 Å². The van der Waals surface area contributed by atoms with Crippen molar-refractivity contribution in [3.8, 4) is 22.5 Å². The van der Waals surface area contributed by atoms with Gasteiger partial charge in [-0.25, -0.2) is 14.4 Å². The van der Waals surface area contributed by atoms with E-state index in [0.717, 1.165) is 39.4 Å². The van der Waals surface area contributed by atoms with Gasteiger partial charge in [-0.3, -0.25) is 0 Å². The van der Waals surface area contributed by atoms with E-state index < -0.39 is 0 Å². The Kier molecular flexibility index (Phi) is 4.47. The van der Waals surface area contributed by atoms with Gasteiger partial charge >= 0.3 is 0 Å². The molecule has 2 aromatic heterocycles. The molecule has 0 fully saturated rings. The summed E-state index contributed by atoms with van der Waals surface area (Å²) in [5.41, 5.74) is 4.38. The summed E-state index contributed by atoms with van der Waals surface area (Å²) in [6, 6.07) is 16.8. The average molecular weight is 363 g/mol. The zero-order valence-electron chi connectivity index (χ0n) is 14.6. The molecule has 3 nitrogen and oxygen atoms in total. The predicted octanol–water partition coefficient (Wildman–Crippen LogP) is 5.55.